The number of carbonyl (C=O) groups excluding carboxylic acids is 5. The fourth-order valence-corrected chi connectivity index (χ4v) is 8.42. The van der Waals surface area contributed by atoms with Gasteiger partial charge in [-0.15, -0.1) is 11.8 Å². The van der Waals surface area contributed by atoms with Gasteiger partial charge in [0.2, 0.25) is 5.91 Å². The molecule has 1 fully saturated rings. The van der Waals surface area contributed by atoms with E-state index in [-0.39, 0.29) is 30.7 Å². The van der Waals surface area contributed by atoms with Crippen molar-refractivity contribution in [2.75, 3.05) is 13.7 Å². The van der Waals surface area contributed by atoms with E-state index in [1.807, 2.05) is 105 Å². The van der Waals surface area contributed by atoms with Crippen LogP contribution in [-0.4, -0.2) is 70.9 Å². The number of hydrogen-bond donors (Lipinski definition) is 1. The number of hydrogen-bond acceptors (Lipinski definition) is 9. The molecular formula is C44H44N2O8S. The van der Waals surface area contributed by atoms with E-state index in [2.05, 4.69) is 5.32 Å². The molecule has 0 spiro atoms. The summed E-state index contributed by atoms with van der Waals surface area (Å²) in [5, 5.41) is 1.46. The lowest BCUT2D eigenvalue weighted by Gasteiger charge is -2.52. The van der Waals surface area contributed by atoms with Crippen molar-refractivity contribution in [3.8, 4) is 0 Å². The highest BCUT2D eigenvalue weighted by molar-refractivity contribution is 8.00. The van der Waals surface area contributed by atoms with Crippen molar-refractivity contribution in [1.82, 2.24) is 10.2 Å². The Bertz CT molecular complexity index is 1980. The molecule has 0 aromatic heterocycles. The number of thioether (sulfide) groups is 1. The summed E-state index contributed by atoms with van der Waals surface area (Å²) in [5.74, 6) is -4.61. The predicted molar refractivity (Wildman–Crippen MR) is 209 cm³/mol. The zero-order valence-electron chi connectivity index (χ0n) is 31.1. The van der Waals surface area contributed by atoms with Crippen LogP contribution in [0.2, 0.25) is 0 Å². The number of esters is 2. The van der Waals surface area contributed by atoms with E-state index in [0.717, 1.165) is 16.7 Å². The average Bonchev–Trinajstić information content (AvgIpc) is 3.22. The summed E-state index contributed by atoms with van der Waals surface area (Å²) < 4.78 is 17.6. The van der Waals surface area contributed by atoms with Crippen LogP contribution in [-0.2, 0) is 33.4 Å². The second-order valence-corrected chi connectivity index (χ2v) is 15.0. The number of ketones is 1. The van der Waals surface area contributed by atoms with Gasteiger partial charge >= 0.3 is 11.9 Å². The normalized spacial score (nSPS) is 18.9. The topological polar surface area (TPSA) is 128 Å². The molecule has 5 atom stereocenters. The molecule has 55 heavy (non-hydrogen) atoms. The molecule has 0 radical (unpaired) electrons. The smallest absolute Gasteiger partial charge is 0.356 e. The van der Waals surface area contributed by atoms with Gasteiger partial charge in [-0.05, 0) is 49.5 Å². The van der Waals surface area contributed by atoms with E-state index in [1.165, 1.54) is 23.8 Å². The molecule has 11 heteroatoms. The SMILES string of the molecule is COC(=O)C(CC1S[C@H]2C(NC(=O)C(C)c3ccccc3)C(=O)N2C(C(=O)OC(c2ccccc2)c2ccccc2)=C1COC(C)C)C(=O)c1ccccc1. The fourth-order valence-electron chi connectivity index (χ4n) is 6.77. The van der Waals surface area contributed by atoms with Crippen LogP contribution in [0.1, 0.15) is 66.3 Å². The summed E-state index contributed by atoms with van der Waals surface area (Å²) >= 11 is 1.29. The van der Waals surface area contributed by atoms with Crippen molar-refractivity contribution >= 4 is 41.3 Å². The van der Waals surface area contributed by atoms with E-state index >= 15 is 0 Å². The van der Waals surface area contributed by atoms with Gasteiger partial charge in [0, 0.05) is 10.8 Å². The van der Waals surface area contributed by atoms with Gasteiger partial charge in [0.25, 0.3) is 5.91 Å². The molecule has 1 saturated heterocycles. The molecule has 0 aliphatic carbocycles. The first-order valence-corrected chi connectivity index (χ1v) is 19.2. The third kappa shape index (κ3) is 8.74. The summed E-state index contributed by atoms with van der Waals surface area (Å²) in [4.78, 5) is 71.2. The first kappa shape index (κ1) is 39.2. The van der Waals surface area contributed by atoms with Crippen LogP contribution >= 0.6 is 11.8 Å². The van der Waals surface area contributed by atoms with Crippen LogP contribution in [0, 0.1) is 5.92 Å². The van der Waals surface area contributed by atoms with Crippen molar-refractivity contribution in [3.05, 3.63) is 155 Å². The molecule has 6 rings (SSSR count). The number of amides is 2. The minimum atomic E-state index is -1.24. The molecule has 0 bridgehead atoms. The maximum absolute atomic E-state index is 14.8. The third-order valence-corrected chi connectivity index (χ3v) is 11.3. The Morgan fingerprint density at radius 3 is 1.82 bits per heavy atom. The van der Waals surface area contributed by atoms with Crippen LogP contribution < -0.4 is 5.32 Å². The third-order valence-electron chi connectivity index (χ3n) is 9.78. The molecule has 2 heterocycles. The number of β-lactam (4-membered cyclic amide) rings is 1. The fraction of sp³-hybridized carbons (Fsp3) is 0.295. The number of benzene rings is 4. The Labute approximate surface area is 325 Å². The molecule has 10 nitrogen and oxygen atoms in total. The highest BCUT2D eigenvalue weighted by Gasteiger charge is 2.57. The number of carbonyl (C=O) groups is 5. The van der Waals surface area contributed by atoms with Crippen molar-refractivity contribution in [2.24, 2.45) is 5.92 Å². The number of Topliss-reactive ketones (excluding diaryl/α,β-unsaturated/α-hetero) is 1. The first-order valence-electron chi connectivity index (χ1n) is 18.3. The van der Waals surface area contributed by atoms with Crippen LogP contribution in [0.3, 0.4) is 0 Å². The van der Waals surface area contributed by atoms with E-state index in [1.54, 1.807) is 37.3 Å². The molecule has 4 unspecified atom stereocenters. The Morgan fingerprint density at radius 1 is 0.764 bits per heavy atom. The monoisotopic (exact) mass is 760 g/mol. The van der Waals surface area contributed by atoms with Crippen LogP contribution in [0.15, 0.2) is 133 Å². The summed E-state index contributed by atoms with van der Waals surface area (Å²) in [7, 11) is 1.22. The van der Waals surface area contributed by atoms with Crippen molar-refractivity contribution < 1.29 is 38.2 Å². The van der Waals surface area contributed by atoms with E-state index in [9.17, 15) is 24.0 Å². The highest BCUT2D eigenvalue weighted by atomic mass is 32.2. The molecular weight excluding hydrogens is 717 g/mol. The molecule has 284 valence electrons. The molecule has 2 amide bonds. The predicted octanol–water partition coefficient (Wildman–Crippen LogP) is 6.63. The van der Waals surface area contributed by atoms with Gasteiger partial charge in [-0.2, -0.15) is 0 Å². The Morgan fingerprint density at radius 2 is 1.29 bits per heavy atom. The van der Waals surface area contributed by atoms with Gasteiger partial charge in [0.05, 0.1) is 25.7 Å². The highest BCUT2D eigenvalue weighted by Crippen LogP contribution is 2.47. The van der Waals surface area contributed by atoms with Crippen LogP contribution in [0.4, 0.5) is 0 Å². The van der Waals surface area contributed by atoms with Crippen molar-refractivity contribution in [3.63, 3.8) is 0 Å². The maximum Gasteiger partial charge on any atom is 0.356 e. The van der Waals surface area contributed by atoms with Gasteiger partial charge in [0.15, 0.2) is 11.9 Å². The minimum absolute atomic E-state index is 0.0337. The van der Waals surface area contributed by atoms with Gasteiger partial charge in [-0.3, -0.25) is 24.1 Å². The van der Waals surface area contributed by atoms with Crippen LogP contribution in [0.25, 0.3) is 0 Å². The summed E-state index contributed by atoms with van der Waals surface area (Å²) in [5.41, 5.74) is 2.91. The number of ether oxygens (including phenoxy) is 3. The molecule has 0 saturated carbocycles. The number of nitrogens with one attached hydrogen (secondary N) is 1. The lowest BCUT2D eigenvalue weighted by Crippen LogP contribution is -2.71. The van der Waals surface area contributed by atoms with Crippen LogP contribution in [0.5, 0.6) is 0 Å². The van der Waals surface area contributed by atoms with E-state index in [4.69, 9.17) is 14.2 Å². The maximum atomic E-state index is 14.8. The lowest BCUT2D eigenvalue weighted by atomic mass is 9.89. The summed E-state index contributed by atoms with van der Waals surface area (Å²) in [6.45, 7) is 5.36. The standard InChI is InChI=1S/C44H44N2O8S/c1-27(2)53-26-34-35(25-33(43(50)52-4)38(47)30-19-11-6-12-20-30)55-42-36(45-40(48)28(3)29-17-9-5-10-18-29)41(49)46(42)37(34)44(51)54-39(31-21-13-7-14-22-31)32-23-15-8-16-24-32/h5-24,27-28,33,35-36,39,42H,25-26H2,1-4H3,(H,45,48)/t28?,33?,35?,36?,42-/m0/s1. The molecule has 4 aromatic carbocycles. The number of rotatable bonds is 15. The molecule has 2 aliphatic heterocycles. The van der Waals surface area contributed by atoms with Gasteiger partial charge in [-0.25, -0.2) is 4.79 Å². The zero-order chi connectivity index (χ0) is 39.1. The van der Waals surface area contributed by atoms with Crippen molar-refractivity contribution in [1.29, 1.82) is 0 Å². The van der Waals surface area contributed by atoms with Gasteiger partial charge < -0.3 is 19.5 Å². The van der Waals surface area contributed by atoms with E-state index in [0.29, 0.717) is 11.1 Å². The molecule has 4 aromatic rings. The van der Waals surface area contributed by atoms with E-state index < -0.39 is 58.2 Å². The van der Waals surface area contributed by atoms with Gasteiger partial charge in [0.1, 0.15) is 23.0 Å². The second-order valence-electron chi connectivity index (χ2n) is 13.7. The summed E-state index contributed by atoms with van der Waals surface area (Å²) in [6.07, 6.45) is -1.17. The minimum Gasteiger partial charge on any atom is -0.468 e. The molecule has 2 aliphatic rings. The Kier molecular flexibility index (Phi) is 12.6. The zero-order valence-corrected chi connectivity index (χ0v) is 31.9. The largest absolute Gasteiger partial charge is 0.468 e. The first-order chi connectivity index (χ1) is 26.6. The molecule has 1 N–H and O–H groups in total. The Balaban J connectivity index is 1.42. The number of fused-ring (bicyclic) bond motifs is 1. The Hall–Kier alpha value is -5.52. The summed E-state index contributed by atoms with van der Waals surface area (Å²) in [6, 6.07) is 35.2. The lowest BCUT2D eigenvalue weighted by molar-refractivity contribution is -0.155. The average molecular weight is 761 g/mol. The van der Waals surface area contributed by atoms with Gasteiger partial charge in [-0.1, -0.05) is 121 Å². The number of methoxy groups -OCH3 is 1. The van der Waals surface area contributed by atoms with Crippen molar-refractivity contribution in [2.45, 2.75) is 62.0 Å². The number of nitrogens with zero attached hydrogens (tertiary/aromatic N) is 1. The quantitative estimate of drug-likeness (QED) is 0.0615. The second kappa shape index (κ2) is 17.7.